The monoisotopic (exact) mass is 474 g/mol. The first kappa shape index (κ1) is 21.0. The number of amides is 2. The van der Waals surface area contributed by atoms with Crippen molar-refractivity contribution in [2.45, 2.75) is 17.9 Å². The zero-order chi connectivity index (χ0) is 20.5. The Kier molecular flexibility index (Phi) is 7.77. The highest BCUT2D eigenvalue weighted by Crippen LogP contribution is 2.21. The number of benzene rings is 2. The van der Waals surface area contributed by atoms with Gasteiger partial charge in [0.2, 0.25) is 5.91 Å². The Morgan fingerprint density at radius 2 is 1.72 bits per heavy atom. The third-order valence-electron chi connectivity index (χ3n) is 3.74. The fourth-order valence-corrected chi connectivity index (χ4v) is 3.41. The van der Waals surface area contributed by atoms with E-state index in [0.29, 0.717) is 17.3 Å². The van der Waals surface area contributed by atoms with Crippen LogP contribution in [0.5, 0.6) is 5.75 Å². The van der Waals surface area contributed by atoms with Gasteiger partial charge in [-0.25, -0.2) is 0 Å². The zero-order valence-electron chi connectivity index (χ0n) is 15.4. The Labute approximate surface area is 181 Å². The molecule has 0 aliphatic heterocycles. The lowest BCUT2D eigenvalue weighted by atomic mass is 10.3. The summed E-state index contributed by atoms with van der Waals surface area (Å²) in [6, 6.07) is 20.4. The lowest BCUT2D eigenvalue weighted by Crippen LogP contribution is -2.41. The lowest BCUT2D eigenvalue weighted by Gasteiger charge is -2.06. The summed E-state index contributed by atoms with van der Waals surface area (Å²) in [6.07, 6.45) is 0.273. The van der Waals surface area contributed by atoms with Crippen LogP contribution in [0.4, 0.5) is 0 Å². The highest BCUT2D eigenvalue weighted by molar-refractivity contribution is 9.10. The number of rotatable bonds is 8. The molecule has 3 aromatic rings. The Balaban J connectivity index is 1.37. The molecular weight excluding hydrogens is 456 g/mol. The van der Waals surface area contributed by atoms with E-state index in [4.69, 9.17) is 9.15 Å². The van der Waals surface area contributed by atoms with Crippen LogP contribution in [0.25, 0.3) is 0 Å². The normalized spacial score (nSPS) is 10.4. The fourth-order valence-electron chi connectivity index (χ4n) is 2.29. The summed E-state index contributed by atoms with van der Waals surface area (Å²) in [5.74, 6) is 1.12. The second-order valence-electron chi connectivity index (χ2n) is 5.92. The largest absolute Gasteiger partial charge is 0.486 e. The summed E-state index contributed by atoms with van der Waals surface area (Å²) < 4.78 is 12.0. The second-order valence-corrected chi connectivity index (χ2v) is 8.01. The number of halogens is 1. The molecule has 6 nitrogen and oxygen atoms in total. The average molecular weight is 475 g/mol. The Morgan fingerprint density at radius 1 is 0.966 bits per heavy atom. The summed E-state index contributed by atoms with van der Waals surface area (Å²) in [5, 5.41) is 0. The van der Waals surface area contributed by atoms with E-state index in [1.165, 1.54) is 6.07 Å². The highest BCUT2D eigenvalue weighted by Gasteiger charge is 2.12. The van der Waals surface area contributed by atoms with E-state index >= 15 is 0 Å². The number of thioether (sulfide) groups is 1. The van der Waals surface area contributed by atoms with Crippen LogP contribution >= 0.6 is 27.7 Å². The smallest absolute Gasteiger partial charge is 0.305 e. The van der Waals surface area contributed by atoms with Crippen molar-refractivity contribution in [2.75, 3.05) is 5.75 Å². The van der Waals surface area contributed by atoms with Crippen molar-refractivity contribution in [2.24, 2.45) is 0 Å². The number of hydrazine groups is 1. The average Bonchev–Trinajstić information content (AvgIpc) is 3.22. The SMILES string of the molecule is O=C(CCSc1ccc(Br)cc1)NNC(=O)c1ccc(COc2ccccc2)o1. The first-order valence-corrected chi connectivity index (χ1v) is 10.6. The molecule has 0 spiro atoms. The van der Waals surface area contributed by atoms with Gasteiger partial charge in [-0.1, -0.05) is 34.1 Å². The van der Waals surface area contributed by atoms with Crippen LogP contribution in [-0.2, 0) is 11.4 Å². The van der Waals surface area contributed by atoms with E-state index in [0.717, 1.165) is 9.37 Å². The van der Waals surface area contributed by atoms with Crippen molar-refractivity contribution >= 4 is 39.5 Å². The number of hydrogen-bond acceptors (Lipinski definition) is 5. The summed E-state index contributed by atoms with van der Waals surface area (Å²) in [6.45, 7) is 0.205. The van der Waals surface area contributed by atoms with E-state index in [9.17, 15) is 9.59 Å². The molecule has 0 unspecified atom stereocenters. The quantitative estimate of drug-likeness (QED) is 0.369. The van der Waals surface area contributed by atoms with Gasteiger partial charge in [0.1, 0.15) is 18.1 Å². The molecule has 1 aromatic heterocycles. The van der Waals surface area contributed by atoms with E-state index in [1.807, 2.05) is 54.6 Å². The van der Waals surface area contributed by atoms with Gasteiger partial charge < -0.3 is 9.15 Å². The van der Waals surface area contributed by atoms with E-state index < -0.39 is 5.91 Å². The van der Waals surface area contributed by atoms with Crippen LogP contribution in [0.15, 0.2) is 80.5 Å². The van der Waals surface area contributed by atoms with E-state index in [2.05, 4.69) is 26.8 Å². The number of carbonyl (C=O) groups is 2. The third kappa shape index (κ3) is 6.99. The van der Waals surface area contributed by atoms with Gasteiger partial charge in [0.05, 0.1) is 0 Å². The molecule has 0 saturated heterocycles. The molecule has 0 atom stereocenters. The first-order chi connectivity index (χ1) is 14.1. The fraction of sp³-hybridized carbons (Fsp3) is 0.143. The number of furan rings is 1. The van der Waals surface area contributed by atoms with Crippen molar-refractivity contribution in [3.63, 3.8) is 0 Å². The van der Waals surface area contributed by atoms with E-state index in [-0.39, 0.29) is 24.7 Å². The molecule has 1 heterocycles. The van der Waals surface area contributed by atoms with Gasteiger partial charge in [-0.15, -0.1) is 11.8 Å². The summed E-state index contributed by atoms with van der Waals surface area (Å²) >= 11 is 4.95. The van der Waals surface area contributed by atoms with Gasteiger partial charge in [0.15, 0.2) is 5.76 Å². The number of para-hydroxylation sites is 1. The van der Waals surface area contributed by atoms with E-state index in [1.54, 1.807) is 17.8 Å². The van der Waals surface area contributed by atoms with Crippen LogP contribution in [0.1, 0.15) is 22.7 Å². The molecule has 0 aliphatic carbocycles. The number of nitrogens with one attached hydrogen (secondary N) is 2. The molecule has 29 heavy (non-hydrogen) atoms. The van der Waals surface area contributed by atoms with Crippen molar-refractivity contribution in [3.05, 3.63) is 82.7 Å². The van der Waals surface area contributed by atoms with Crippen molar-refractivity contribution < 1.29 is 18.7 Å². The van der Waals surface area contributed by atoms with Crippen molar-refractivity contribution in [3.8, 4) is 5.75 Å². The molecule has 0 radical (unpaired) electrons. The van der Waals surface area contributed by atoms with Gasteiger partial charge in [0.25, 0.3) is 0 Å². The molecule has 0 saturated carbocycles. The maximum atomic E-state index is 12.1. The molecule has 0 aliphatic rings. The minimum absolute atomic E-state index is 0.0983. The molecule has 2 N–H and O–H groups in total. The van der Waals surface area contributed by atoms with Crippen molar-refractivity contribution in [1.29, 1.82) is 0 Å². The molecule has 2 amide bonds. The van der Waals surface area contributed by atoms with Gasteiger partial charge in [-0.3, -0.25) is 20.4 Å². The topological polar surface area (TPSA) is 80.6 Å². The lowest BCUT2D eigenvalue weighted by molar-refractivity contribution is -0.121. The Hall–Kier alpha value is -2.71. The summed E-state index contributed by atoms with van der Waals surface area (Å²) in [7, 11) is 0. The van der Waals surface area contributed by atoms with Crippen LogP contribution in [0.3, 0.4) is 0 Å². The number of carbonyl (C=O) groups excluding carboxylic acids is 2. The molecule has 150 valence electrons. The first-order valence-electron chi connectivity index (χ1n) is 8.84. The summed E-state index contributed by atoms with van der Waals surface area (Å²) in [5.41, 5.74) is 4.75. The third-order valence-corrected chi connectivity index (χ3v) is 5.28. The van der Waals surface area contributed by atoms with Crippen LogP contribution in [0, 0.1) is 0 Å². The molecule has 0 bridgehead atoms. The van der Waals surface area contributed by atoms with Gasteiger partial charge >= 0.3 is 5.91 Å². The highest BCUT2D eigenvalue weighted by atomic mass is 79.9. The molecule has 2 aromatic carbocycles. The number of ether oxygens (including phenoxy) is 1. The number of hydrogen-bond donors (Lipinski definition) is 2. The molecule has 8 heteroatoms. The molecule has 0 fully saturated rings. The van der Waals surface area contributed by atoms with Gasteiger partial charge in [0, 0.05) is 21.5 Å². The predicted molar refractivity (Wildman–Crippen MR) is 115 cm³/mol. The zero-order valence-corrected chi connectivity index (χ0v) is 17.8. The van der Waals surface area contributed by atoms with Gasteiger partial charge in [-0.05, 0) is 48.5 Å². The second kappa shape index (κ2) is 10.7. The molecular formula is C21H19BrN2O4S. The van der Waals surface area contributed by atoms with Crippen molar-refractivity contribution in [1.82, 2.24) is 10.9 Å². The maximum absolute atomic E-state index is 12.1. The van der Waals surface area contributed by atoms with Gasteiger partial charge in [-0.2, -0.15) is 0 Å². The predicted octanol–water partition coefficient (Wildman–Crippen LogP) is 4.56. The minimum Gasteiger partial charge on any atom is -0.486 e. The Bertz CT molecular complexity index is 945. The van der Waals surface area contributed by atoms with Crippen LogP contribution < -0.4 is 15.6 Å². The van der Waals surface area contributed by atoms with Crippen LogP contribution in [0.2, 0.25) is 0 Å². The standard InChI is InChI=1S/C21H19BrN2O4S/c22-15-6-9-18(10-7-15)29-13-12-20(25)23-24-21(26)19-11-8-17(28-19)14-27-16-4-2-1-3-5-16/h1-11H,12-14H2,(H,23,25)(H,24,26). The molecule has 3 rings (SSSR count). The summed E-state index contributed by atoms with van der Waals surface area (Å²) in [4.78, 5) is 25.1. The minimum atomic E-state index is -0.523. The Morgan fingerprint density at radius 3 is 2.48 bits per heavy atom. The maximum Gasteiger partial charge on any atom is 0.305 e. The van der Waals surface area contributed by atoms with Crippen LogP contribution in [-0.4, -0.2) is 17.6 Å².